The van der Waals surface area contributed by atoms with Gasteiger partial charge in [0.2, 0.25) is 0 Å². The fourth-order valence-corrected chi connectivity index (χ4v) is 9.06. The van der Waals surface area contributed by atoms with Crippen molar-refractivity contribution in [2.24, 2.45) is 11.8 Å². The number of hydrogen-bond acceptors (Lipinski definition) is 9. The predicted octanol–water partition coefficient (Wildman–Crippen LogP) is 10.9. The van der Waals surface area contributed by atoms with Crippen LogP contribution >= 0.6 is 0 Å². The Balaban J connectivity index is 1.17. The van der Waals surface area contributed by atoms with E-state index in [1.165, 1.54) is 0 Å². The van der Waals surface area contributed by atoms with Crippen LogP contribution in [0.25, 0.3) is 0 Å². The summed E-state index contributed by atoms with van der Waals surface area (Å²) in [5.74, 6) is 0.149. The van der Waals surface area contributed by atoms with Crippen LogP contribution in [0.2, 0.25) is 0 Å². The molecule has 2 fully saturated rings. The normalized spacial score (nSPS) is 25.3. The third-order valence-corrected chi connectivity index (χ3v) is 12.5. The first-order valence-corrected chi connectivity index (χ1v) is 23.8. The molecule has 4 unspecified atom stereocenters. The van der Waals surface area contributed by atoms with Gasteiger partial charge in [0.05, 0.1) is 65.1 Å². The maximum absolute atomic E-state index is 7.47. The van der Waals surface area contributed by atoms with Gasteiger partial charge in [0.1, 0.15) is 36.6 Å². The molecule has 9 nitrogen and oxygen atoms in total. The lowest BCUT2D eigenvalue weighted by atomic mass is 9.83. The number of rotatable bonds is 23. The van der Waals surface area contributed by atoms with Gasteiger partial charge < -0.3 is 42.6 Å². The quantitative estimate of drug-likeness (QED) is 0.0624. The highest BCUT2D eigenvalue weighted by atomic mass is 16.7. The van der Waals surface area contributed by atoms with E-state index in [4.69, 9.17) is 42.6 Å². The van der Waals surface area contributed by atoms with Gasteiger partial charge in [-0.25, -0.2) is 0 Å². The molecule has 0 aliphatic carbocycles. The highest BCUT2D eigenvalue weighted by Crippen LogP contribution is 2.38. The van der Waals surface area contributed by atoms with Crippen molar-refractivity contribution < 1.29 is 42.6 Å². The summed E-state index contributed by atoms with van der Waals surface area (Å²) in [5.41, 5.74) is 6.25. The lowest BCUT2D eigenvalue weighted by Gasteiger charge is -2.50. The van der Waals surface area contributed by atoms with E-state index in [2.05, 4.69) is 93.6 Å². The number of benzene rings is 6. The molecule has 2 aliphatic heterocycles. The van der Waals surface area contributed by atoms with Crippen molar-refractivity contribution >= 4 is 0 Å². The summed E-state index contributed by atoms with van der Waals surface area (Å²) in [6.07, 6.45) is -5.35. The molecule has 10 atom stereocenters. The number of hydrogen-bond donors (Lipinski definition) is 0. The van der Waals surface area contributed by atoms with Gasteiger partial charge in [-0.1, -0.05) is 203 Å². The van der Waals surface area contributed by atoms with E-state index in [-0.39, 0.29) is 37.8 Å². The van der Waals surface area contributed by atoms with Crippen molar-refractivity contribution in [3.05, 3.63) is 215 Å². The van der Waals surface area contributed by atoms with Gasteiger partial charge in [0.25, 0.3) is 0 Å². The molecule has 2 saturated heterocycles. The van der Waals surface area contributed by atoms with Crippen molar-refractivity contribution in [2.75, 3.05) is 13.2 Å². The van der Waals surface area contributed by atoms with Crippen molar-refractivity contribution in [1.82, 2.24) is 0 Å². The molecule has 0 aromatic heterocycles. The molecule has 0 bridgehead atoms. The van der Waals surface area contributed by atoms with E-state index in [1.807, 2.05) is 109 Å². The Morgan fingerprint density at radius 3 is 1.09 bits per heavy atom. The highest BCUT2D eigenvalue weighted by molar-refractivity contribution is 5.18. The smallest absolute Gasteiger partial charge is 0.187 e. The molecule has 352 valence electrons. The van der Waals surface area contributed by atoms with Gasteiger partial charge in [-0.15, -0.1) is 0 Å². The Labute approximate surface area is 397 Å². The molecule has 0 saturated carbocycles. The first-order valence-electron chi connectivity index (χ1n) is 23.8. The predicted molar refractivity (Wildman–Crippen MR) is 258 cm³/mol. The molecule has 2 heterocycles. The van der Waals surface area contributed by atoms with Gasteiger partial charge >= 0.3 is 0 Å². The van der Waals surface area contributed by atoms with Gasteiger partial charge in [-0.05, 0) is 39.3 Å². The zero-order valence-corrected chi connectivity index (χ0v) is 39.0. The summed E-state index contributed by atoms with van der Waals surface area (Å²) in [5, 5.41) is 0. The Morgan fingerprint density at radius 1 is 0.373 bits per heavy atom. The highest BCUT2D eigenvalue weighted by Gasteiger charge is 2.53. The van der Waals surface area contributed by atoms with Crippen LogP contribution in [0.1, 0.15) is 54.2 Å². The minimum Gasteiger partial charge on any atom is -0.374 e. The van der Waals surface area contributed by atoms with Crippen molar-refractivity contribution in [3.63, 3.8) is 0 Å². The first kappa shape index (κ1) is 48.4. The summed E-state index contributed by atoms with van der Waals surface area (Å²) < 4.78 is 62.9. The minimum atomic E-state index is -0.970. The van der Waals surface area contributed by atoms with Crippen LogP contribution in [0.5, 0.6) is 0 Å². The third kappa shape index (κ3) is 14.0. The van der Waals surface area contributed by atoms with Crippen LogP contribution in [0.15, 0.2) is 182 Å². The van der Waals surface area contributed by atoms with Crippen LogP contribution in [0, 0.1) is 11.8 Å². The lowest BCUT2D eigenvalue weighted by Crippen LogP contribution is -2.65. The molecule has 67 heavy (non-hydrogen) atoms. The molecule has 0 amide bonds. The molecule has 8 rings (SSSR count). The molecule has 0 spiro atoms. The zero-order valence-electron chi connectivity index (χ0n) is 39.0. The lowest BCUT2D eigenvalue weighted by molar-refractivity contribution is -0.359. The molecule has 9 heteroatoms. The molecule has 0 N–H and O–H groups in total. The molecular formula is C58H66O9. The van der Waals surface area contributed by atoms with E-state index < -0.39 is 49.0 Å². The van der Waals surface area contributed by atoms with E-state index in [1.54, 1.807) is 0 Å². The maximum Gasteiger partial charge on any atom is 0.187 e. The molecular weight excluding hydrogens is 841 g/mol. The van der Waals surface area contributed by atoms with E-state index >= 15 is 0 Å². The second-order valence-corrected chi connectivity index (χ2v) is 17.9. The Morgan fingerprint density at radius 2 is 0.701 bits per heavy atom. The van der Waals surface area contributed by atoms with Gasteiger partial charge in [-0.2, -0.15) is 0 Å². The van der Waals surface area contributed by atoms with Crippen LogP contribution in [-0.4, -0.2) is 68.3 Å². The number of ether oxygens (including phenoxy) is 9. The fraction of sp³-hybridized carbons (Fsp3) is 0.379. The average Bonchev–Trinajstić information content (AvgIpc) is 3.37. The molecule has 6 aromatic rings. The maximum atomic E-state index is 7.47. The summed E-state index contributed by atoms with van der Waals surface area (Å²) in [6, 6.07) is 61.1. The van der Waals surface area contributed by atoms with E-state index in [9.17, 15) is 0 Å². The van der Waals surface area contributed by atoms with Gasteiger partial charge in [0, 0.05) is 5.92 Å². The summed E-state index contributed by atoms with van der Waals surface area (Å²) in [7, 11) is 0. The molecule has 2 aliphatic rings. The van der Waals surface area contributed by atoms with Crippen LogP contribution in [-0.2, 0) is 82.3 Å². The van der Waals surface area contributed by atoms with Crippen molar-refractivity contribution in [2.45, 2.75) is 116 Å². The van der Waals surface area contributed by atoms with Crippen LogP contribution in [0.3, 0.4) is 0 Å². The van der Waals surface area contributed by atoms with Crippen LogP contribution < -0.4 is 0 Å². The van der Waals surface area contributed by atoms with E-state index in [0.29, 0.717) is 33.0 Å². The Hall–Kier alpha value is -5.04. The van der Waals surface area contributed by atoms with Crippen molar-refractivity contribution in [3.8, 4) is 0 Å². The van der Waals surface area contributed by atoms with Crippen molar-refractivity contribution in [1.29, 1.82) is 0 Å². The fourth-order valence-electron chi connectivity index (χ4n) is 9.06. The molecule has 6 aromatic carbocycles. The standard InChI is InChI=1S/C58H66O9/c1-42(2)52-43(3)53(61-36-46-26-14-6-15-27-46)55(51(65-52)41-60-35-45-24-12-5-13-25-45)67-58-57(64-39-49-32-20-9-21-33-49)56(63-38-48-30-18-8-19-31-48)54(62-37-47-28-16-7-17-29-47)50(66-58)40-59-34-44-22-10-4-11-23-44/h4-33,42-43,50-58H,34-41H2,1-3H3/t43?,50?,51?,52-,53+,54-,55+,56+,57?,58-/m0/s1. The van der Waals surface area contributed by atoms with E-state index in [0.717, 1.165) is 33.4 Å². The third-order valence-electron chi connectivity index (χ3n) is 12.5. The van der Waals surface area contributed by atoms with Gasteiger partial charge in [-0.3, -0.25) is 0 Å². The Kier molecular flexibility index (Phi) is 18.3. The minimum absolute atomic E-state index is 0.0524. The topological polar surface area (TPSA) is 83.1 Å². The monoisotopic (exact) mass is 906 g/mol. The molecule has 0 radical (unpaired) electrons. The largest absolute Gasteiger partial charge is 0.374 e. The SMILES string of the molecule is CC(C)[C@@H]1OC(COCc2ccccc2)[C@@H](O[C@@H]2OC(COCc3ccccc3)[C@H](OCc3ccccc3)[C@@H](OCc3ccccc3)C2OCc2ccccc2)[C@H](OCc2ccccc2)C1C. The summed E-state index contributed by atoms with van der Waals surface area (Å²) in [4.78, 5) is 0. The summed E-state index contributed by atoms with van der Waals surface area (Å²) in [6.45, 7) is 9.18. The second-order valence-electron chi connectivity index (χ2n) is 17.9. The Bertz CT molecular complexity index is 2250. The van der Waals surface area contributed by atoms with Gasteiger partial charge in [0.15, 0.2) is 6.29 Å². The first-order chi connectivity index (χ1) is 33.0. The zero-order chi connectivity index (χ0) is 46.0. The summed E-state index contributed by atoms with van der Waals surface area (Å²) >= 11 is 0. The van der Waals surface area contributed by atoms with Crippen LogP contribution in [0.4, 0.5) is 0 Å². The second kappa shape index (κ2) is 25.4. The average molecular weight is 907 g/mol.